The van der Waals surface area contributed by atoms with Crippen LogP contribution in [-0.4, -0.2) is 32.7 Å². The Morgan fingerprint density at radius 3 is 2.83 bits per heavy atom. The van der Waals surface area contributed by atoms with Crippen molar-refractivity contribution in [1.82, 2.24) is 9.38 Å². The molecule has 2 heterocycles. The lowest BCUT2D eigenvalue weighted by Crippen LogP contribution is -1.96. The van der Waals surface area contributed by atoms with Crippen LogP contribution >= 0.6 is 0 Å². The second-order valence-electron chi connectivity index (χ2n) is 4.58. The zero-order valence-corrected chi connectivity index (χ0v) is 12.0. The summed E-state index contributed by atoms with van der Waals surface area (Å²) < 4.78 is 6.46. The molecule has 3 aromatic rings. The average Bonchev–Trinajstić information content (AvgIpc) is 2.93. The van der Waals surface area contributed by atoms with Crippen molar-refractivity contribution < 1.29 is 19.7 Å². The molecule has 0 aliphatic heterocycles. The summed E-state index contributed by atoms with van der Waals surface area (Å²) in [5.41, 5.74) is 0.304. The summed E-state index contributed by atoms with van der Waals surface area (Å²) in [6, 6.07) is 9.83. The number of rotatable bonds is 4. The van der Waals surface area contributed by atoms with E-state index in [4.69, 9.17) is 4.74 Å². The van der Waals surface area contributed by atoms with E-state index >= 15 is 0 Å². The Morgan fingerprint density at radius 2 is 2.09 bits per heavy atom. The molecule has 0 fully saturated rings. The molecule has 0 saturated carbocycles. The molecule has 3 rings (SSSR count). The van der Waals surface area contributed by atoms with Gasteiger partial charge in [0.2, 0.25) is 0 Å². The van der Waals surface area contributed by atoms with Crippen LogP contribution < -0.4 is 4.74 Å². The molecule has 2 aromatic heterocycles. The Labute approximate surface area is 130 Å². The number of hydrogen-bond donors (Lipinski definition) is 2. The molecule has 0 unspecified atom stereocenters. The number of carbonyl (C=O) groups is 1. The fourth-order valence-corrected chi connectivity index (χ4v) is 2.06. The topological polar surface area (TPSA) is 109 Å². The van der Waals surface area contributed by atoms with E-state index in [9.17, 15) is 15.0 Å². The number of azo groups is 1. The first-order valence-corrected chi connectivity index (χ1v) is 6.59. The highest BCUT2D eigenvalue weighted by Crippen LogP contribution is 2.28. The molecule has 2 N–H and O–H groups in total. The van der Waals surface area contributed by atoms with Crippen LogP contribution in [0, 0.1) is 0 Å². The van der Waals surface area contributed by atoms with Gasteiger partial charge >= 0.3 is 5.97 Å². The van der Waals surface area contributed by atoms with Gasteiger partial charge in [-0.15, -0.1) is 10.2 Å². The number of carboxylic acids is 1. The van der Waals surface area contributed by atoms with Gasteiger partial charge in [0.1, 0.15) is 5.75 Å². The SMILES string of the molecule is COc1cccc(N=Nc2c(C(=O)O)nc3c(O)cccn23)c1. The summed E-state index contributed by atoms with van der Waals surface area (Å²) in [6.07, 6.45) is 1.55. The van der Waals surface area contributed by atoms with Crippen molar-refractivity contribution >= 4 is 23.1 Å². The molecule has 8 nitrogen and oxygen atoms in total. The Balaban J connectivity index is 2.11. The van der Waals surface area contributed by atoms with Gasteiger partial charge in [-0.1, -0.05) is 6.07 Å². The zero-order chi connectivity index (χ0) is 16.4. The summed E-state index contributed by atoms with van der Waals surface area (Å²) >= 11 is 0. The zero-order valence-electron chi connectivity index (χ0n) is 12.0. The molecule has 116 valence electrons. The molecule has 0 saturated heterocycles. The van der Waals surface area contributed by atoms with E-state index < -0.39 is 5.97 Å². The minimum atomic E-state index is -1.26. The minimum Gasteiger partial charge on any atom is -0.504 e. The summed E-state index contributed by atoms with van der Waals surface area (Å²) in [5, 5.41) is 27.0. The quantitative estimate of drug-likeness (QED) is 0.719. The van der Waals surface area contributed by atoms with Crippen molar-refractivity contribution in [2.75, 3.05) is 7.11 Å². The number of methoxy groups -OCH3 is 1. The van der Waals surface area contributed by atoms with E-state index in [1.165, 1.54) is 17.6 Å². The van der Waals surface area contributed by atoms with Gasteiger partial charge < -0.3 is 14.9 Å². The fourth-order valence-electron chi connectivity index (χ4n) is 2.06. The van der Waals surface area contributed by atoms with Crippen molar-refractivity contribution in [3.63, 3.8) is 0 Å². The lowest BCUT2D eigenvalue weighted by atomic mass is 10.3. The van der Waals surface area contributed by atoms with E-state index in [1.54, 1.807) is 36.5 Å². The lowest BCUT2D eigenvalue weighted by molar-refractivity contribution is 0.0692. The normalized spacial score (nSPS) is 11.2. The highest BCUT2D eigenvalue weighted by atomic mass is 16.5. The number of pyridine rings is 1. The monoisotopic (exact) mass is 312 g/mol. The predicted molar refractivity (Wildman–Crippen MR) is 81.0 cm³/mol. The smallest absolute Gasteiger partial charge is 0.358 e. The van der Waals surface area contributed by atoms with Crippen molar-refractivity contribution in [2.45, 2.75) is 0 Å². The maximum Gasteiger partial charge on any atom is 0.358 e. The number of nitrogens with zero attached hydrogens (tertiary/aromatic N) is 4. The molecular formula is C15H12N4O4. The average molecular weight is 312 g/mol. The molecule has 0 aliphatic carbocycles. The molecule has 1 aromatic carbocycles. The second-order valence-corrected chi connectivity index (χ2v) is 4.58. The third-order valence-electron chi connectivity index (χ3n) is 3.12. The third-order valence-corrected chi connectivity index (χ3v) is 3.12. The minimum absolute atomic E-state index is 0.0196. The molecule has 0 atom stereocenters. The number of aromatic nitrogens is 2. The first kappa shape index (κ1) is 14.5. The Bertz CT molecular complexity index is 917. The predicted octanol–water partition coefficient (Wildman–Crippen LogP) is 3.16. The summed E-state index contributed by atoms with van der Waals surface area (Å²) in [5.74, 6) is -0.771. The van der Waals surface area contributed by atoms with Crippen molar-refractivity contribution in [1.29, 1.82) is 0 Å². The maximum atomic E-state index is 11.3. The molecule has 8 heteroatoms. The first-order chi connectivity index (χ1) is 11.1. The van der Waals surface area contributed by atoms with Crippen LogP contribution in [0.3, 0.4) is 0 Å². The van der Waals surface area contributed by atoms with Crippen molar-refractivity contribution in [3.05, 3.63) is 48.3 Å². The van der Waals surface area contributed by atoms with E-state index in [2.05, 4.69) is 15.2 Å². The number of benzene rings is 1. The third kappa shape index (κ3) is 2.69. The number of ether oxygens (including phenoxy) is 1. The van der Waals surface area contributed by atoms with Gasteiger partial charge in [-0.3, -0.25) is 4.40 Å². The molecular weight excluding hydrogens is 300 g/mol. The highest BCUT2D eigenvalue weighted by molar-refractivity contribution is 5.92. The van der Waals surface area contributed by atoms with E-state index in [1.807, 2.05) is 0 Å². The summed E-state index contributed by atoms with van der Waals surface area (Å²) in [4.78, 5) is 15.2. The number of fused-ring (bicyclic) bond motifs is 1. The number of hydrogen-bond acceptors (Lipinski definition) is 6. The number of carboxylic acid groups (broad SMARTS) is 1. The fraction of sp³-hybridized carbons (Fsp3) is 0.0667. The van der Waals surface area contributed by atoms with Crippen LogP contribution in [0.2, 0.25) is 0 Å². The Hall–Kier alpha value is -3.42. The van der Waals surface area contributed by atoms with Gasteiger partial charge in [0.25, 0.3) is 0 Å². The van der Waals surface area contributed by atoms with Crippen molar-refractivity contribution in [3.8, 4) is 11.5 Å². The number of aromatic hydroxyl groups is 1. The van der Waals surface area contributed by atoms with Gasteiger partial charge in [0, 0.05) is 12.3 Å². The molecule has 0 bridgehead atoms. The van der Waals surface area contributed by atoms with Crippen LogP contribution in [0.15, 0.2) is 52.8 Å². The molecule has 0 aliphatic rings. The molecule has 0 radical (unpaired) electrons. The summed E-state index contributed by atoms with van der Waals surface area (Å²) in [6.45, 7) is 0. The Kier molecular flexibility index (Phi) is 3.63. The maximum absolute atomic E-state index is 11.3. The lowest BCUT2D eigenvalue weighted by Gasteiger charge is -2.00. The first-order valence-electron chi connectivity index (χ1n) is 6.59. The number of aromatic carboxylic acids is 1. The highest BCUT2D eigenvalue weighted by Gasteiger charge is 2.19. The Morgan fingerprint density at radius 1 is 1.26 bits per heavy atom. The van der Waals surface area contributed by atoms with Crippen LogP contribution in [0.4, 0.5) is 11.5 Å². The van der Waals surface area contributed by atoms with Crippen LogP contribution in [-0.2, 0) is 0 Å². The van der Waals surface area contributed by atoms with Gasteiger partial charge in [0.05, 0.1) is 12.8 Å². The van der Waals surface area contributed by atoms with Crippen molar-refractivity contribution in [2.24, 2.45) is 10.2 Å². The van der Waals surface area contributed by atoms with Gasteiger partial charge in [-0.05, 0) is 24.3 Å². The van der Waals surface area contributed by atoms with Crippen LogP contribution in [0.25, 0.3) is 5.65 Å². The van der Waals surface area contributed by atoms with Crippen LogP contribution in [0.5, 0.6) is 11.5 Å². The molecule has 0 amide bonds. The van der Waals surface area contributed by atoms with Gasteiger partial charge in [-0.25, -0.2) is 9.78 Å². The van der Waals surface area contributed by atoms with Gasteiger partial charge in [0.15, 0.2) is 22.9 Å². The van der Waals surface area contributed by atoms with E-state index in [0.717, 1.165) is 0 Å². The standard InChI is InChI=1S/C15H12N4O4/c1-23-10-5-2-4-9(8-10)17-18-14-12(15(21)22)16-13-11(20)6-3-7-19(13)14/h2-8,20H,1H3,(H,21,22). The van der Waals surface area contributed by atoms with Crippen LogP contribution in [0.1, 0.15) is 10.5 Å². The van der Waals surface area contributed by atoms with Gasteiger partial charge in [-0.2, -0.15) is 0 Å². The van der Waals surface area contributed by atoms with E-state index in [0.29, 0.717) is 11.4 Å². The van der Waals surface area contributed by atoms with E-state index in [-0.39, 0.29) is 22.9 Å². The molecule has 0 spiro atoms. The summed E-state index contributed by atoms with van der Waals surface area (Å²) in [7, 11) is 1.53. The largest absolute Gasteiger partial charge is 0.504 e. The molecule has 23 heavy (non-hydrogen) atoms. The number of imidazole rings is 1. The second kappa shape index (κ2) is 5.76.